The van der Waals surface area contributed by atoms with Gasteiger partial charge in [0.15, 0.2) is 15.7 Å². The van der Waals surface area contributed by atoms with E-state index in [1.807, 2.05) is 0 Å². The van der Waals surface area contributed by atoms with Crippen molar-refractivity contribution in [2.24, 2.45) is 7.05 Å². The molecule has 0 aliphatic carbocycles. The lowest BCUT2D eigenvalue weighted by Gasteiger charge is -2.06. The first kappa shape index (κ1) is 14.3. The Bertz CT molecular complexity index is 764. The van der Waals surface area contributed by atoms with Crippen molar-refractivity contribution < 1.29 is 8.42 Å². The molecule has 1 aromatic carbocycles. The van der Waals surface area contributed by atoms with Crippen molar-refractivity contribution >= 4 is 15.7 Å². The van der Waals surface area contributed by atoms with E-state index in [0.29, 0.717) is 6.54 Å². The summed E-state index contributed by atoms with van der Waals surface area (Å²) >= 11 is 0. The highest BCUT2D eigenvalue weighted by atomic mass is 32.2. The van der Waals surface area contributed by atoms with Gasteiger partial charge in [0.2, 0.25) is 0 Å². The maximum absolute atomic E-state index is 11.7. The Labute approximate surface area is 117 Å². The lowest BCUT2D eigenvalue weighted by atomic mass is 10.2. The fourth-order valence-electron chi connectivity index (χ4n) is 1.66. The molecule has 0 saturated heterocycles. The predicted octanol–water partition coefficient (Wildman–Crippen LogP) is 0.796. The molecule has 0 spiro atoms. The summed E-state index contributed by atoms with van der Waals surface area (Å²) in [6.07, 6.45) is 4.28. The molecule has 0 saturated carbocycles. The number of rotatable bonds is 4. The van der Waals surface area contributed by atoms with E-state index in [4.69, 9.17) is 0 Å². The first-order chi connectivity index (χ1) is 9.38. The number of sulfone groups is 1. The first-order valence-corrected chi connectivity index (χ1v) is 7.81. The van der Waals surface area contributed by atoms with Crippen LogP contribution in [0.1, 0.15) is 5.56 Å². The molecule has 6 nitrogen and oxygen atoms in total. The minimum Gasteiger partial charge on any atom is -0.361 e. The van der Waals surface area contributed by atoms with Gasteiger partial charge in [0.1, 0.15) is 0 Å². The third kappa shape index (κ3) is 3.24. The third-order valence-corrected chi connectivity index (χ3v) is 3.96. The minimum absolute atomic E-state index is 0.208. The Kier molecular flexibility index (Phi) is 3.89. The highest BCUT2D eigenvalue weighted by molar-refractivity contribution is 7.90. The van der Waals surface area contributed by atoms with Gasteiger partial charge in [-0.15, -0.1) is 0 Å². The summed E-state index contributed by atoms with van der Waals surface area (Å²) in [6.45, 7) is 0.399. The molecule has 0 bridgehead atoms. The van der Waals surface area contributed by atoms with E-state index < -0.39 is 9.84 Å². The van der Waals surface area contributed by atoms with E-state index >= 15 is 0 Å². The monoisotopic (exact) mass is 293 g/mol. The van der Waals surface area contributed by atoms with Crippen LogP contribution in [-0.4, -0.2) is 24.2 Å². The second-order valence-electron chi connectivity index (χ2n) is 4.46. The summed E-state index contributed by atoms with van der Waals surface area (Å²) in [5, 5.41) is 2.93. The van der Waals surface area contributed by atoms with E-state index in [9.17, 15) is 13.2 Å². The van der Waals surface area contributed by atoms with Gasteiger partial charge < -0.3 is 9.88 Å². The van der Waals surface area contributed by atoms with Gasteiger partial charge in [-0.05, 0) is 17.7 Å². The molecule has 2 aromatic rings. The van der Waals surface area contributed by atoms with Gasteiger partial charge in [-0.25, -0.2) is 13.4 Å². The maximum Gasteiger partial charge on any atom is 0.293 e. The lowest BCUT2D eigenvalue weighted by molar-refractivity contribution is 0.602. The summed E-state index contributed by atoms with van der Waals surface area (Å²) < 4.78 is 24.1. The van der Waals surface area contributed by atoms with Gasteiger partial charge in [0, 0.05) is 32.2 Å². The molecular weight excluding hydrogens is 278 g/mol. The number of nitrogens with zero attached hydrogens (tertiary/aromatic N) is 2. The van der Waals surface area contributed by atoms with E-state index in [2.05, 4.69) is 10.3 Å². The Morgan fingerprint density at radius 3 is 2.50 bits per heavy atom. The highest BCUT2D eigenvalue weighted by Gasteiger charge is 2.06. The van der Waals surface area contributed by atoms with Gasteiger partial charge in [0.25, 0.3) is 5.56 Å². The van der Waals surface area contributed by atoms with Gasteiger partial charge in [-0.3, -0.25) is 4.79 Å². The molecule has 106 valence electrons. The van der Waals surface area contributed by atoms with Crippen molar-refractivity contribution in [3.05, 3.63) is 52.6 Å². The van der Waals surface area contributed by atoms with Crippen LogP contribution >= 0.6 is 0 Å². The molecule has 0 radical (unpaired) electrons. The molecule has 0 aliphatic rings. The Balaban J connectivity index is 2.12. The predicted molar refractivity (Wildman–Crippen MR) is 76.4 cm³/mol. The number of nitrogens with one attached hydrogen (secondary N) is 1. The van der Waals surface area contributed by atoms with Crippen molar-refractivity contribution in [3.63, 3.8) is 0 Å². The van der Waals surface area contributed by atoms with Crippen molar-refractivity contribution in [3.8, 4) is 0 Å². The Morgan fingerprint density at radius 1 is 1.25 bits per heavy atom. The van der Waals surface area contributed by atoms with E-state index in [0.717, 1.165) is 11.8 Å². The van der Waals surface area contributed by atoms with Crippen molar-refractivity contribution in [1.82, 2.24) is 9.55 Å². The fraction of sp³-hybridized carbons (Fsp3) is 0.231. The normalized spacial score (nSPS) is 11.3. The second-order valence-corrected chi connectivity index (χ2v) is 6.48. The highest BCUT2D eigenvalue weighted by Crippen LogP contribution is 2.10. The molecule has 0 aliphatic heterocycles. The summed E-state index contributed by atoms with van der Waals surface area (Å²) in [6, 6.07) is 6.50. The van der Waals surface area contributed by atoms with Gasteiger partial charge in [-0.1, -0.05) is 12.1 Å². The van der Waals surface area contributed by atoms with Crippen LogP contribution in [0.15, 0.2) is 46.3 Å². The minimum atomic E-state index is -3.19. The van der Waals surface area contributed by atoms with Crippen LogP contribution in [0, 0.1) is 0 Å². The topological polar surface area (TPSA) is 81.1 Å². The third-order valence-electron chi connectivity index (χ3n) is 2.83. The number of anilines is 1. The van der Waals surface area contributed by atoms with Crippen LogP contribution in [0.25, 0.3) is 0 Å². The zero-order valence-electron chi connectivity index (χ0n) is 11.2. The average Bonchev–Trinajstić information content (AvgIpc) is 2.40. The van der Waals surface area contributed by atoms with Gasteiger partial charge in [0.05, 0.1) is 4.90 Å². The van der Waals surface area contributed by atoms with E-state index in [-0.39, 0.29) is 16.3 Å². The molecule has 0 amide bonds. The number of benzene rings is 1. The van der Waals surface area contributed by atoms with Crippen LogP contribution < -0.4 is 10.9 Å². The summed E-state index contributed by atoms with van der Waals surface area (Å²) in [5.41, 5.74) is 0.658. The molecule has 2 rings (SSSR count). The van der Waals surface area contributed by atoms with Crippen molar-refractivity contribution in [2.45, 2.75) is 11.4 Å². The zero-order chi connectivity index (χ0) is 14.8. The molecular formula is C13H15N3O3S. The van der Waals surface area contributed by atoms with Gasteiger partial charge >= 0.3 is 0 Å². The standard InChI is InChI=1S/C13H15N3O3S/c1-16-8-7-14-12(13(16)17)15-9-10-3-5-11(6-4-10)20(2,18)19/h3-8H,9H2,1-2H3,(H,14,15). The first-order valence-electron chi connectivity index (χ1n) is 5.92. The van der Waals surface area contributed by atoms with Gasteiger partial charge in [-0.2, -0.15) is 0 Å². The maximum atomic E-state index is 11.7. The molecule has 0 fully saturated rings. The number of aromatic nitrogens is 2. The Hall–Kier alpha value is -2.15. The van der Waals surface area contributed by atoms with Crippen LogP contribution in [0.2, 0.25) is 0 Å². The molecule has 1 heterocycles. The zero-order valence-corrected chi connectivity index (χ0v) is 12.0. The summed E-state index contributed by atoms with van der Waals surface area (Å²) in [7, 11) is -1.54. The van der Waals surface area contributed by atoms with Crippen LogP contribution in [-0.2, 0) is 23.4 Å². The SMILES string of the molecule is Cn1ccnc(NCc2ccc(S(C)(=O)=O)cc2)c1=O. The summed E-state index contributed by atoms with van der Waals surface area (Å²) in [5.74, 6) is 0.266. The second kappa shape index (κ2) is 5.46. The Morgan fingerprint density at radius 2 is 1.90 bits per heavy atom. The smallest absolute Gasteiger partial charge is 0.293 e. The molecule has 20 heavy (non-hydrogen) atoms. The number of aryl methyl sites for hydroxylation is 1. The number of hydrogen-bond acceptors (Lipinski definition) is 5. The largest absolute Gasteiger partial charge is 0.361 e. The molecule has 0 unspecified atom stereocenters. The van der Waals surface area contributed by atoms with Crippen molar-refractivity contribution in [1.29, 1.82) is 0 Å². The molecule has 0 atom stereocenters. The summed E-state index contributed by atoms with van der Waals surface area (Å²) in [4.78, 5) is 16.0. The molecule has 7 heteroatoms. The molecule has 1 N–H and O–H groups in total. The number of hydrogen-bond donors (Lipinski definition) is 1. The van der Waals surface area contributed by atoms with Crippen LogP contribution in [0.5, 0.6) is 0 Å². The lowest BCUT2D eigenvalue weighted by Crippen LogP contribution is -2.21. The van der Waals surface area contributed by atoms with E-state index in [1.165, 1.54) is 10.8 Å². The fourth-order valence-corrected chi connectivity index (χ4v) is 2.29. The van der Waals surface area contributed by atoms with Crippen molar-refractivity contribution in [2.75, 3.05) is 11.6 Å². The van der Waals surface area contributed by atoms with E-state index in [1.54, 1.807) is 37.5 Å². The van der Waals surface area contributed by atoms with Crippen LogP contribution in [0.4, 0.5) is 5.82 Å². The molecule has 1 aromatic heterocycles. The quantitative estimate of drug-likeness (QED) is 0.901. The average molecular weight is 293 g/mol. The van der Waals surface area contributed by atoms with Crippen LogP contribution in [0.3, 0.4) is 0 Å².